The smallest absolute Gasteiger partial charge is 0.282 e. The summed E-state index contributed by atoms with van der Waals surface area (Å²) in [6, 6.07) is 14.1. The van der Waals surface area contributed by atoms with Crippen molar-refractivity contribution in [2.45, 2.75) is 52.2 Å². The lowest BCUT2D eigenvalue weighted by molar-refractivity contribution is -0.117. The van der Waals surface area contributed by atoms with Crippen molar-refractivity contribution in [3.63, 3.8) is 0 Å². The third-order valence-electron chi connectivity index (χ3n) is 5.49. The first-order valence-electron chi connectivity index (χ1n) is 11.7. The number of benzene rings is 2. The van der Waals surface area contributed by atoms with E-state index in [4.69, 9.17) is 14.2 Å². The molecule has 0 spiro atoms. The average molecular weight is 486 g/mol. The Labute approximate surface area is 203 Å². The zero-order valence-electron chi connectivity index (χ0n) is 19.8. The number of carbonyl (C=O) groups is 1. The molecule has 0 radical (unpaired) electrons. The van der Waals surface area contributed by atoms with Crippen LogP contribution >= 0.6 is 0 Å². The summed E-state index contributed by atoms with van der Waals surface area (Å²) in [5.41, 5.74) is 1.92. The molecule has 7 nitrogen and oxygen atoms in total. The molecule has 1 aromatic heterocycles. The molecule has 3 aromatic rings. The molecule has 0 bridgehead atoms. The second-order valence-corrected chi connectivity index (χ2v) is 8.24. The number of alkyl halides is 2. The quantitative estimate of drug-likeness (QED) is 0.356. The van der Waals surface area contributed by atoms with Crippen molar-refractivity contribution >= 4 is 11.6 Å². The summed E-state index contributed by atoms with van der Waals surface area (Å²) in [5, 5.41) is 6.71. The van der Waals surface area contributed by atoms with Crippen molar-refractivity contribution in [1.82, 2.24) is 9.78 Å². The molecule has 1 heterocycles. The minimum Gasteiger partial charge on any atom is -0.490 e. The number of nitrogens with zero attached hydrogens (tertiary/aromatic N) is 2. The van der Waals surface area contributed by atoms with E-state index in [1.54, 1.807) is 24.3 Å². The number of rotatable bonds is 12. The van der Waals surface area contributed by atoms with Gasteiger partial charge in [-0.1, -0.05) is 6.07 Å². The molecule has 1 fully saturated rings. The maximum absolute atomic E-state index is 13.0. The molecular weight excluding hydrogens is 456 g/mol. The number of aromatic nitrogens is 2. The standard InChI is InChI=1S/C26H29F2N3O4/c1-3-33-23-12-5-17(13-24(23)34-4-2)16-35-20-10-8-19(9-11-20)29-25(32)15-31-22(18-6-7-18)14-21(30-31)26(27)28/h5,8-14,18,26H,3-4,6-7,15-16H2,1-2H3,(H,29,32). The van der Waals surface area contributed by atoms with Crippen molar-refractivity contribution in [3.8, 4) is 17.2 Å². The Morgan fingerprint density at radius 2 is 1.74 bits per heavy atom. The molecule has 1 amide bonds. The van der Waals surface area contributed by atoms with Gasteiger partial charge in [0.25, 0.3) is 6.43 Å². The average Bonchev–Trinajstić information content (AvgIpc) is 3.60. The highest BCUT2D eigenvalue weighted by Crippen LogP contribution is 2.41. The van der Waals surface area contributed by atoms with Crippen LogP contribution in [0.4, 0.5) is 14.5 Å². The summed E-state index contributed by atoms with van der Waals surface area (Å²) < 4.78 is 44.6. The van der Waals surface area contributed by atoms with E-state index in [1.807, 2.05) is 32.0 Å². The second kappa shape index (κ2) is 11.2. The molecule has 1 aliphatic rings. The fourth-order valence-corrected chi connectivity index (χ4v) is 3.72. The van der Waals surface area contributed by atoms with Gasteiger partial charge in [0, 0.05) is 17.3 Å². The first-order chi connectivity index (χ1) is 17.0. The van der Waals surface area contributed by atoms with Crippen molar-refractivity contribution in [2.75, 3.05) is 18.5 Å². The van der Waals surface area contributed by atoms with Crippen LogP contribution in [0.25, 0.3) is 0 Å². The van der Waals surface area contributed by atoms with Crippen LogP contribution in [0.1, 0.15) is 56.0 Å². The predicted molar refractivity (Wildman–Crippen MR) is 127 cm³/mol. The van der Waals surface area contributed by atoms with Crippen molar-refractivity contribution in [2.24, 2.45) is 0 Å². The molecule has 186 valence electrons. The number of hydrogen-bond acceptors (Lipinski definition) is 5. The first-order valence-corrected chi connectivity index (χ1v) is 11.7. The van der Waals surface area contributed by atoms with Gasteiger partial charge in [0.05, 0.1) is 13.2 Å². The molecule has 1 N–H and O–H groups in total. The van der Waals surface area contributed by atoms with E-state index in [0.29, 0.717) is 48.5 Å². The fourth-order valence-electron chi connectivity index (χ4n) is 3.72. The minimum atomic E-state index is -2.65. The molecule has 4 rings (SSSR count). The minimum absolute atomic E-state index is 0.114. The van der Waals surface area contributed by atoms with Gasteiger partial charge in [0.1, 0.15) is 24.6 Å². The van der Waals surface area contributed by atoms with Crippen LogP contribution in [0.15, 0.2) is 48.5 Å². The molecule has 0 aliphatic heterocycles. The molecular formula is C26H29F2N3O4. The summed E-state index contributed by atoms with van der Waals surface area (Å²) >= 11 is 0. The number of anilines is 1. The molecule has 0 atom stereocenters. The lowest BCUT2D eigenvalue weighted by Gasteiger charge is -2.13. The largest absolute Gasteiger partial charge is 0.490 e. The van der Waals surface area contributed by atoms with Gasteiger partial charge >= 0.3 is 0 Å². The van der Waals surface area contributed by atoms with E-state index >= 15 is 0 Å². The third-order valence-corrected chi connectivity index (χ3v) is 5.49. The van der Waals surface area contributed by atoms with Gasteiger partial charge in [-0.2, -0.15) is 5.10 Å². The number of amides is 1. The number of nitrogens with one attached hydrogen (secondary N) is 1. The number of halogens is 2. The Kier molecular flexibility index (Phi) is 7.84. The SMILES string of the molecule is CCOc1ccc(COc2ccc(NC(=O)Cn3nc(C(F)F)cc3C3CC3)cc2)cc1OCC. The Morgan fingerprint density at radius 1 is 1.03 bits per heavy atom. The van der Waals surface area contributed by atoms with Gasteiger partial charge in [-0.25, -0.2) is 8.78 Å². The van der Waals surface area contributed by atoms with Gasteiger partial charge in [-0.15, -0.1) is 0 Å². The van der Waals surface area contributed by atoms with Gasteiger partial charge < -0.3 is 19.5 Å². The molecule has 0 unspecified atom stereocenters. The van der Waals surface area contributed by atoms with E-state index in [9.17, 15) is 13.6 Å². The second-order valence-electron chi connectivity index (χ2n) is 8.24. The van der Waals surface area contributed by atoms with Gasteiger partial charge in [-0.05, 0) is 74.7 Å². The molecule has 1 aliphatic carbocycles. The van der Waals surface area contributed by atoms with Crippen LogP contribution in [-0.4, -0.2) is 28.9 Å². The van der Waals surface area contributed by atoms with E-state index < -0.39 is 6.43 Å². The number of hydrogen-bond donors (Lipinski definition) is 1. The number of carbonyl (C=O) groups excluding carboxylic acids is 1. The summed E-state index contributed by atoms with van der Waals surface area (Å²) in [7, 11) is 0. The lowest BCUT2D eigenvalue weighted by atomic mass is 10.2. The van der Waals surface area contributed by atoms with Gasteiger partial charge in [-0.3, -0.25) is 9.48 Å². The highest BCUT2D eigenvalue weighted by atomic mass is 19.3. The maximum Gasteiger partial charge on any atom is 0.282 e. The Balaban J connectivity index is 1.32. The van der Waals surface area contributed by atoms with Crippen LogP contribution in [0.3, 0.4) is 0 Å². The van der Waals surface area contributed by atoms with Crippen LogP contribution in [0, 0.1) is 0 Å². The fraction of sp³-hybridized carbons (Fsp3) is 0.385. The maximum atomic E-state index is 13.0. The topological polar surface area (TPSA) is 74.6 Å². The zero-order chi connectivity index (χ0) is 24.8. The van der Waals surface area contributed by atoms with E-state index in [0.717, 1.165) is 18.4 Å². The van der Waals surface area contributed by atoms with Crippen LogP contribution < -0.4 is 19.5 Å². The summed E-state index contributed by atoms with van der Waals surface area (Å²) in [6.07, 6.45) is -0.792. The molecule has 0 saturated heterocycles. The Hall–Kier alpha value is -3.62. The molecule has 1 saturated carbocycles. The van der Waals surface area contributed by atoms with Crippen molar-refractivity contribution in [3.05, 3.63) is 65.5 Å². The zero-order valence-corrected chi connectivity index (χ0v) is 19.8. The van der Waals surface area contributed by atoms with Crippen LogP contribution in [-0.2, 0) is 17.9 Å². The van der Waals surface area contributed by atoms with E-state index in [1.165, 1.54) is 10.7 Å². The Bertz CT molecular complexity index is 1140. The first kappa shape index (κ1) is 24.5. The number of ether oxygens (including phenoxy) is 3. The Morgan fingerprint density at radius 3 is 2.40 bits per heavy atom. The monoisotopic (exact) mass is 485 g/mol. The van der Waals surface area contributed by atoms with E-state index in [2.05, 4.69) is 10.4 Å². The van der Waals surface area contributed by atoms with Crippen LogP contribution in [0.5, 0.6) is 17.2 Å². The highest BCUT2D eigenvalue weighted by Gasteiger charge is 2.30. The normalized spacial score (nSPS) is 13.1. The van der Waals surface area contributed by atoms with Gasteiger partial charge in [0.2, 0.25) is 5.91 Å². The van der Waals surface area contributed by atoms with E-state index in [-0.39, 0.29) is 24.1 Å². The van der Waals surface area contributed by atoms with Crippen LogP contribution in [0.2, 0.25) is 0 Å². The summed E-state index contributed by atoms with van der Waals surface area (Å²) in [6.45, 7) is 5.16. The highest BCUT2D eigenvalue weighted by molar-refractivity contribution is 5.90. The third kappa shape index (κ3) is 6.49. The van der Waals surface area contributed by atoms with Crippen molar-refractivity contribution < 1.29 is 27.8 Å². The predicted octanol–water partition coefficient (Wildman–Crippen LogP) is 5.71. The lowest BCUT2D eigenvalue weighted by Crippen LogP contribution is -2.20. The molecule has 35 heavy (non-hydrogen) atoms. The summed E-state index contributed by atoms with van der Waals surface area (Å²) in [5.74, 6) is 1.89. The molecule has 9 heteroatoms. The molecule has 2 aromatic carbocycles. The van der Waals surface area contributed by atoms with Crippen molar-refractivity contribution in [1.29, 1.82) is 0 Å². The van der Waals surface area contributed by atoms with Gasteiger partial charge in [0.15, 0.2) is 11.5 Å². The summed E-state index contributed by atoms with van der Waals surface area (Å²) in [4.78, 5) is 12.5.